The Labute approximate surface area is 105 Å². The number of hydrogen-bond donors (Lipinski definition) is 1. The summed E-state index contributed by atoms with van der Waals surface area (Å²) in [4.78, 5) is 0. The van der Waals surface area contributed by atoms with Crippen LogP contribution in [0.15, 0.2) is 0 Å². The highest BCUT2D eigenvalue weighted by atomic mass is 32.2. The molecule has 0 aromatic heterocycles. The first-order chi connectivity index (χ1) is 8.16. The van der Waals surface area contributed by atoms with Crippen molar-refractivity contribution in [3.05, 3.63) is 0 Å². The quantitative estimate of drug-likeness (QED) is 0.829. The highest BCUT2D eigenvalue weighted by Crippen LogP contribution is 2.30. The lowest BCUT2D eigenvalue weighted by atomic mass is 10.0. The zero-order chi connectivity index (χ0) is 12.3. The number of rotatable bonds is 4. The molecule has 1 N–H and O–H groups in total. The van der Waals surface area contributed by atoms with Gasteiger partial charge in [-0.3, -0.25) is 0 Å². The lowest BCUT2D eigenvalue weighted by Crippen LogP contribution is -2.45. The van der Waals surface area contributed by atoms with Crippen molar-refractivity contribution < 1.29 is 8.42 Å². The van der Waals surface area contributed by atoms with Gasteiger partial charge in [0.1, 0.15) is 0 Å². The van der Waals surface area contributed by atoms with Gasteiger partial charge in [0, 0.05) is 19.1 Å². The Kier molecular flexibility index (Phi) is 4.44. The Morgan fingerprint density at radius 2 is 1.82 bits per heavy atom. The van der Waals surface area contributed by atoms with E-state index in [1.165, 1.54) is 6.42 Å². The van der Waals surface area contributed by atoms with Crippen LogP contribution >= 0.6 is 0 Å². The van der Waals surface area contributed by atoms with Gasteiger partial charge >= 0.3 is 0 Å². The lowest BCUT2D eigenvalue weighted by molar-refractivity contribution is 0.362. The zero-order valence-electron chi connectivity index (χ0n) is 10.7. The highest BCUT2D eigenvalue weighted by molar-refractivity contribution is 7.89. The molecular weight excluding hydrogens is 236 g/mol. The average Bonchev–Trinajstić information content (AvgIpc) is 2.80. The summed E-state index contributed by atoms with van der Waals surface area (Å²) in [7, 11) is -1.15. The monoisotopic (exact) mass is 260 g/mol. The minimum Gasteiger partial charge on any atom is -0.318 e. The molecule has 1 saturated carbocycles. The van der Waals surface area contributed by atoms with E-state index in [0.717, 1.165) is 51.6 Å². The molecule has 1 aliphatic carbocycles. The topological polar surface area (TPSA) is 49.4 Å². The third-order valence-electron chi connectivity index (χ3n) is 4.06. The van der Waals surface area contributed by atoms with Crippen molar-refractivity contribution in [2.75, 3.05) is 20.1 Å². The largest absolute Gasteiger partial charge is 0.318 e. The molecule has 1 heterocycles. The van der Waals surface area contributed by atoms with Crippen molar-refractivity contribution in [1.29, 1.82) is 0 Å². The number of hydrogen-bond acceptors (Lipinski definition) is 3. The first kappa shape index (κ1) is 13.3. The minimum atomic E-state index is -3.04. The predicted molar refractivity (Wildman–Crippen MR) is 69.4 cm³/mol. The second kappa shape index (κ2) is 5.67. The average molecular weight is 260 g/mol. The summed E-state index contributed by atoms with van der Waals surface area (Å²) in [5.74, 6) is 0. The van der Waals surface area contributed by atoms with E-state index in [0.29, 0.717) is 0 Å². The molecule has 1 atom stereocenters. The normalized spacial score (nSPS) is 28.6. The SMILES string of the molecule is CNCC1CCCN1S(=O)(=O)C1CCCCC1. The van der Waals surface area contributed by atoms with Gasteiger partial charge in [0.05, 0.1) is 5.25 Å². The molecule has 0 aromatic carbocycles. The van der Waals surface area contributed by atoms with Crippen LogP contribution in [0, 0.1) is 0 Å². The number of nitrogens with zero attached hydrogens (tertiary/aromatic N) is 1. The molecule has 2 rings (SSSR count). The Bertz CT molecular complexity index is 336. The van der Waals surface area contributed by atoms with Crippen LogP contribution in [0.2, 0.25) is 0 Å². The van der Waals surface area contributed by atoms with E-state index < -0.39 is 10.0 Å². The van der Waals surface area contributed by atoms with Crippen molar-refractivity contribution in [2.45, 2.75) is 56.2 Å². The van der Waals surface area contributed by atoms with E-state index in [9.17, 15) is 8.42 Å². The fraction of sp³-hybridized carbons (Fsp3) is 1.00. The summed E-state index contributed by atoms with van der Waals surface area (Å²) in [6.07, 6.45) is 7.11. The number of nitrogens with one attached hydrogen (secondary N) is 1. The summed E-state index contributed by atoms with van der Waals surface area (Å²) < 4.78 is 26.9. The first-order valence-electron chi connectivity index (χ1n) is 6.81. The molecule has 0 bridgehead atoms. The van der Waals surface area contributed by atoms with Gasteiger partial charge in [-0.25, -0.2) is 8.42 Å². The molecule has 4 nitrogen and oxygen atoms in total. The third-order valence-corrected chi connectivity index (χ3v) is 6.51. The number of sulfonamides is 1. The smallest absolute Gasteiger partial charge is 0.217 e. The first-order valence-corrected chi connectivity index (χ1v) is 8.32. The van der Waals surface area contributed by atoms with Crippen LogP contribution in [0.5, 0.6) is 0 Å². The molecule has 0 aromatic rings. The minimum absolute atomic E-state index is 0.103. The third kappa shape index (κ3) is 2.83. The van der Waals surface area contributed by atoms with Gasteiger partial charge in [-0.15, -0.1) is 0 Å². The summed E-state index contributed by atoms with van der Waals surface area (Å²) in [6, 6.07) is 0.187. The van der Waals surface area contributed by atoms with E-state index in [1.54, 1.807) is 4.31 Å². The van der Waals surface area contributed by atoms with E-state index in [1.807, 2.05) is 7.05 Å². The van der Waals surface area contributed by atoms with Gasteiger partial charge in [-0.05, 0) is 32.7 Å². The maximum atomic E-state index is 12.6. The van der Waals surface area contributed by atoms with Gasteiger partial charge < -0.3 is 5.32 Å². The molecule has 0 spiro atoms. The second-order valence-electron chi connectivity index (χ2n) is 5.27. The fourth-order valence-corrected chi connectivity index (χ4v) is 5.43. The van der Waals surface area contributed by atoms with Crippen LogP contribution in [0.1, 0.15) is 44.9 Å². The fourth-order valence-electron chi connectivity index (χ4n) is 3.14. The van der Waals surface area contributed by atoms with Crippen LogP contribution in [0.4, 0.5) is 0 Å². The highest BCUT2D eigenvalue weighted by Gasteiger charge is 2.39. The van der Waals surface area contributed by atoms with Crippen molar-refractivity contribution in [2.24, 2.45) is 0 Å². The molecule has 2 fully saturated rings. The van der Waals surface area contributed by atoms with Gasteiger partial charge in [0.2, 0.25) is 10.0 Å². The molecule has 0 radical (unpaired) electrons. The van der Waals surface area contributed by atoms with Crippen molar-refractivity contribution in [3.63, 3.8) is 0 Å². The molecule has 5 heteroatoms. The lowest BCUT2D eigenvalue weighted by Gasteiger charge is -2.30. The van der Waals surface area contributed by atoms with Gasteiger partial charge in [-0.2, -0.15) is 4.31 Å². The van der Waals surface area contributed by atoms with Crippen LogP contribution in [0.25, 0.3) is 0 Å². The van der Waals surface area contributed by atoms with Gasteiger partial charge in [-0.1, -0.05) is 19.3 Å². The van der Waals surface area contributed by atoms with Gasteiger partial charge in [0.25, 0.3) is 0 Å². The van der Waals surface area contributed by atoms with E-state index in [-0.39, 0.29) is 11.3 Å². The molecule has 0 amide bonds. The van der Waals surface area contributed by atoms with E-state index >= 15 is 0 Å². The molecule has 2 aliphatic rings. The van der Waals surface area contributed by atoms with Crippen molar-refractivity contribution in [1.82, 2.24) is 9.62 Å². The Morgan fingerprint density at radius 3 is 2.47 bits per heavy atom. The summed E-state index contributed by atoms with van der Waals surface area (Å²) in [5.41, 5.74) is 0. The van der Waals surface area contributed by atoms with Crippen LogP contribution in [0.3, 0.4) is 0 Å². The predicted octanol–water partition coefficient (Wildman–Crippen LogP) is 1.33. The molecule has 17 heavy (non-hydrogen) atoms. The van der Waals surface area contributed by atoms with Gasteiger partial charge in [0.15, 0.2) is 0 Å². The van der Waals surface area contributed by atoms with Crippen LogP contribution in [-0.2, 0) is 10.0 Å². The second-order valence-corrected chi connectivity index (χ2v) is 7.44. The Balaban J connectivity index is 2.07. The molecule has 1 aliphatic heterocycles. The summed E-state index contributed by atoms with van der Waals surface area (Å²) in [5, 5.41) is 3.01. The Morgan fingerprint density at radius 1 is 1.12 bits per heavy atom. The summed E-state index contributed by atoms with van der Waals surface area (Å²) in [6.45, 7) is 1.51. The standard InChI is InChI=1S/C12H24N2O2S/c1-13-10-11-6-5-9-14(11)17(15,16)12-7-3-2-4-8-12/h11-13H,2-10H2,1H3. The summed E-state index contributed by atoms with van der Waals surface area (Å²) >= 11 is 0. The maximum Gasteiger partial charge on any atom is 0.217 e. The Hall–Kier alpha value is -0.130. The van der Waals surface area contributed by atoms with Crippen molar-refractivity contribution >= 4 is 10.0 Å². The van der Waals surface area contributed by atoms with Crippen LogP contribution < -0.4 is 5.32 Å². The van der Waals surface area contributed by atoms with Crippen molar-refractivity contribution in [3.8, 4) is 0 Å². The zero-order valence-corrected chi connectivity index (χ0v) is 11.5. The van der Waals surface area contributed by atoms with E-state index in [2.05, 4.69) is 5.32 Å². The number of likely N-dealkylation sites (N-methyl/N-ethyl adjacent to an activating group) is 1. The molecule has 1 saturated heterocycles. The maximum absolute atomic E-state index is 12.6. The molecule has 1 unspecified atom stereocenters. The van der Waals surface area contributed by atoms with Crippen LogP contribution in [-0.4, -0.2) is 44.2 Å². The molecular formula is C12H24N2O2S. The van der Waals surface area contributed by atoms with E-state index in [4.69, 9.17) is 0 Å². The molecule has 100 valence electrons.